The van der Waals surface area contributed by atoms with Gasteiger partial charge >= 0.3 is 5.69 Å². The van der Waals surface area contributed by atoms with E-state index in [0.29, 0.717) is 37.0 Å². The van der Waals surface area contributed by atoms with Crippen LogP contribution in [0.25, 0.3) is 11.0 Å². The summed E-state index contributed by atoms with van der Waals surface area (Å²) in [7, 11) is 1.71. The zero-order valence-electron chi connectivity index (χ0n) is 22.1. The molecular formula is C28H30FN5O4S2. The second kappa shape index (κ2) is 11.0. The van der Waals surface area contributed by atoms with E-state index in [0.717, 1.165) is 41.1 Å². The van der Waals surface area contributed by atoms with Gasteiger partial charge in [-0.2, -0.15) is 11.8 Å². The predicted molar refractivity (Wildman–Crippen MR) is 155 cm³/mol. The summed E-state index contributed by atoms with van der Waals surface area (Å²) in [6, 6.07) is 6.03. The standard InChI is InChI=1S/C28H30FN5O4S2/c1-32-22-12-16(2-7-23(22)40-15-24(32)35)26(36)31-18-3-5-19(6-4-18)34-27(37)21-13-17(29)14-30-25(21)33(28(34)38)20-8-10-39-11-9-20/h2,7,12-14,18-20H,3-6,8-11,15H2,1H3,(H,31,36). The van der Waals surface area contributed by atoms with Crippen LogP contribution in [0.2, 0.25) is 0 Å². The lowest BCUT2D eigenvalue weighted by atomic mass is 9.90. The van der Waals surface area contributed by atoms with Crippen LogP contribution in [0.4, 0.5) is 10.1 Å². The van der Waals surface area contributed by atoms with Gasteiger partial charge in [-0.1, -0.05) is 0 Å². The number of carbonyl (C=O) groups is 2. The fraction of sp³-hybridized carbons (Fsp3) is 0.464. The maximum absolute atomic E-state index is 14.1. The van der Waals surface area contributed by atoms with E-state index in [-0.39, 0.29) is 46.7 Å². The largest absolute Gasteiger partial charge is 0.349 e. The lowest BCUT2D eigenvalue weighted by molar-refractivity contribution is -0.116. The molecule has 0 bridgehead atoms. The van der Waals surface area contributed by atoms with Gasteiger partial charge in [-0.15, -0.1) is 11.8 Å². The van der Waals surface area contributed by atoms with Gasteiger partial charge in [0, 0.05) is 35.6 Å². The van der Waals surface area contributed by atoms with Crippen LogP contribution in [0.1, 0.15) is 61.0 Å². The molecule has 1 aliphatic carbocycles. The lowest BCUT2D eigenvalue weighted by Gasteiger charge is -2.32. The maximum atomic E-state index is 14.1. The molecule has 2 aliphatic heterocycles. The van der Waals surface area contributed by atoms with Gasteiger partial charge in [0.2, 0.25) is 5.91 Å². The molecule has 1 saturated heterocycles. The first kappa shape index (κ1) is 27.1. The number of amides is 2. The number of nitrogens with one attached hydrogen (secondary N) is 1. The van der Waals surface area contributed by atoms with E-state index in [9.17, 15) is 23.6 Å². The molecule has 210 valence electrons. The Morgan fingerprint density at radius 2 is 1.73 bits per heavy atom. The van der Waals surface area contributed by atoms with Gasteiger partial charge < -0.3 is 10.2 Å². The van der Waals surface area contributed by atoms with Gasteiger partial charge in [0.05, 0.1) is 23.0 Å². The van der Waals surface area contributed by atoms with E-state index < -0.39 is 11.4 Å². The molecule has 3 aliphatic rings. The average Bonchev–Trinajstić information content (AvgIpc) is 2.97. The van der Waals surface area contributed by atoms with E-state index in [1.54, 1.807) is 28.6 Å². The molecule has 6 rings (SSSR count). The van der Waals surface area contributed by atoms with Crippen LogP contribution in [-0.4, -0.2) is 56.3 Å². The van der Waals surface area contributed by atoms with Crippen LogP contribution in [0, 0.1) is 5.82 Å². The fourth-order valence-electron chi connectivity index (χ4n) is 5.96. The highest BCUT2D eigenvalue weighted by Crippen LogP contribution is 2.35. The number of hydrogen-bond acceptors (Lipinski definition) is 7. The minimum Gasteiger partial charge on any atom is -0.349 e. The Bertz CT molecular complexity index is 1610. The molecule has 4 heterocycles. The van der Waals surface area contributed by atoms with Gasteiger partial charge in [0.25, 0.3) is 11.5 Å². The summed E-state index contributed by atoms with van der Waals surface area (Å²) in [4.78, 5) is 59.1. The summed E-state index contributed by atoms with van der Waals surface area (Å²) >= 11 is 3.30. The zero-order chi connectivity index (χ0) is 28.0. The van der Waals surface area contributed by atoms with E-state index >= 15 is 0 Å². The molecular weight excluding hydrogens is 553 g/mol. The number of pyridine rings is 1. The van der Waals surface area contributed by atoms with Crippen LogP contribution in [0.5, 0.6) is 0 Å². The summed E-state index contributed by atoms with van der Waals surface area (Å²) in [5.74, 6) is 1.39. The number of thioether (sulfide) groups is 2. The van der Waals surface area contributed by atoms with Crippen molar-refractivity contribution >= 4 is 52.1 Å². The Balaban J connectivity index is 1.22. The highest BCUT2D eigenvalue weighted by atomic mass is 32.2. The van der Waals surface area contributed by atoms with Gasteiger partial charge in [-0.3, -0.25) is 23.5 Å². The molecule has 0 radical (unpaired) electrons. The van der Waals surface area contributed by atoms with Gasteiger partial charge in [-0.25, -0.2) is 14.2 Å². The predicted octanol–water partition coefficient (Wildman–Crippen LogP) is 3.75. The van der Waals surface area contributed by atoms with Crippen molar-refractivity contribution in [2.75, 3.05) is 29.2 Å². The Labute approximate surface area is 238 Å². The molecule has 12 heteroatoms. The third-order valence-electron chi connectivity index (χ3n) is 8.18. The van der Waals surface area contributed by atoms with E-state index in [2.05, 4.69) is 10.3 Å². The minimum atomic E-state index is -0.608. The Kier molecular flexibility index (Phi) is 7.47. The fourth-order valence-corrected chi connectivity index (χ4v) is 8.02. The number of nitrogens with zero attached hydrogens (tertiary/aromatic N) is 4. The van der Waals surface area contributed by atoms with Crippen molar-refractivity contribution in [1.82, 2.24) is 19.4 Å². The minimum absolute atomic E-state index is 0.00253. The van der Waals surface area contributed by atoms with Crippen LogP contribution < -0.4 is 21.5 Å². The van der Waals surface area contributed by atoms with Crippen LogP contribution in [-0.2, 0) is 4.79 Å². The molecule has 0 spiro atoms. The number of anilines is 1. The molecule has 2 amide bonds. The van der Waals surface area contributed by atoms with Gasteiger partial charge in [0.15, 0.2) is 0 Å². The quantitative estimate of drug-likeness (QED) is 0.499. The molecule has 0 unspecified atom stereocenters. The third kappa shape index (κ3) is 4.96. The lowest BCUT2D eigenvalue weighted by Crippen LogP contribution is -2.46. The Morgan fingerprint density at radius 1 is 1.00 bits per heavy atom. The van der Waals surface area contributed by atoms with Crippen LogP contribution in [0.3, 0.4) is 0 Å². The van der Waals surface area contributed by atoms with Crippen LogP contribution in [0.15, 0.2) is 44.9 Å². The summed E-state index contributed by atoms with van der Waals surface area (Å²) < 4.78 is 17.1. The summed E-state index contributed by atoms with van der Waals surface area (Å²) in [5.41, 5.74) is 0.572. The van der Waals surface area contributed by atoms with Crippen molar-refractivity contribution < 1.29 is 14.0 Å². The number of aromatic nitrogens is 3. The highest BCUT2D eigenvalue weighted by Gasteiger charge is 2.30. The monoisotopic (exact) mass is 583 g/mol. The van der Waals surface area contributed by atoms with Crippen molar-refractivity contribution in [1.29, 1.82) is 0 Å². The number of carbonyl (C=O) groups excluding carboxylic acids is 2. The molecule has 40 heavy (non-hydrogen) atoms. The molecule has 1 aromatic carbocycles. The van der Waals surface area contributed by atoms with E-state index in [1.807, 2.05) is 17.8 Å². The SMILES string of the molecule is CN1C(=O)CSc2ccc(C(=O)NC3CCC(n4c(=O)c5cc(F)cnc5n(C5CCSCC5)c4=O)CC3)cc21. The van der Waals surface area contributed by atoms with Crippen molar-refractivity contribution in [2.45, 2.75) is 61.5 Å². The second-order valence-electron chi connectivity index (χ2n) is 10.6. The van der Waals surface area contributed by atoms with Crippen molar-refractivity contribution in [3.05, 3.63) is 62.7 Å². The summed E-state index contributed by atoms with van der Waals surface area (Å²) in [6.07, 6.45) is 4.91. The Hall–Kier alpha value is -3.12. The van der Waals surface area contributed by atoms with Crippen LogP contribution >= 0.6 is 23.5 Å². The number of halogens is 1. The third-order valence-corrected chi connectivity index (χ3v) is 10.3. The van der Waals surface area contributed by atoms with Crippen molar-refractivity contribution in [3.8, 4) is 0 Å². The average molecular weight is 584 g/mol. The first-order valence-electron chi connectivity index (χ1n) is 13.6. The normalized spacial score (nSPS) is 21.9. The molecule has 1 saturated carbocycles. The number of benzene rings is 1. The molecule has 3 aromatic rings. The number of rotatable bonds is 4. The zero-order valence-corrected chi connectivity index (χ0v) is 23.7. The van der Waals surface area contributed by atoms with E-state index in [1.165, 1.54) is 22.4 Å². The summed E-state index contributed by atoms with van der Waals surface area (Å²) in [6.45, 7) is 0. The smallest absolute Gasteiger partial charge is 0.333 e. The topological polar surface area (TPSA) is 106 Å². The van der Waals surface area contributed by atoms with Crippen molar-refractivity contribution in [2.24, 2.45) is 0 Å². The molecule has 2 fully saturated rings. The van der Waals surface area contributed by atoms with E-state index in [4.69, 9.17) is 0 Å². The van der Waals surface area contributed by atoms with Gasteiger partial charge in [0.1, 0.15) is 11.5 Å². The first-order chi connectivity index (χ1) is 19.3. The molecule has 9 nitrogen and oxygen atoms in total. The highest BCUT2D eigenvalue weighted by molar-refractivity contribution is 8.00. The first-order valence-corrected chi connectivity index (χ1v) is 15.7. The van der Waals surface area contributed by atoms with Gasteiger partial charge in [-0.05, 0) is 74.3 Å². The number of fused-ring (bicyclic) bond motifs is 2. The second-order valence-corrected chi connectivity index (χ2v) is 12.8. The Morgan fingerprint density at radius 3 is 2.48 bits per heavy atom. The molecule has 0 atom stereocenters. The molecule has 2 aromatic heterocycles. The summed E-state index contributed by atoms with van der Waals surface area (Å²) in [5, 5.41) is 3.21. The van der Waals surface area contributed by atoms with Crippen molar-refractivity contribution in [3.63, 3.8) is 0 Å². The molecule has 1 N–H and O–H groups in total. The maximum Gasteiger partial charge on any atom is 0.333 e. The number of hydrogen-bond donors (Lipinski definition) is 1.